The molecular formula is C18H18N4OS. The van der Waals surface area contributed by atoms with E-state index in [-0.39, 0.29) is 5.91 Å². The van der Waals surface area contributed by atoms with Crippen molar-refractivity contribution in [2.24, 2.45) is 0 Å². The second kappa shape index (κ2) is 7.70. The molecule has 6 heteroatoms. The van der Waals surface area contributed by atoms with Gasteiger partial charge in [-0.05, 0) is 31.2 Å². The monoisotopic (exact) mass is 338 g/mol. The number of nitrogens with zero attached hydrogens (tertiary/aromatic N) is 3. The van der Waals surface area contributed by atoms with Crippen molar-refractivity contribution in [2.45, 2.75) is 13.3 Å². The van der Waals surface area contributed by atoms with Crippen LogP contribution in [0.4, 0.5) is 0 Å². The molecule has 0 spiro atoms. The van der Waals surface area contributed by atoms with Crippen LogP contribution in [0.3, 0.4) is 0 Å². The lowest BCUT2D eigenvalue weighted by molar-refractivity contribution is -0.116. The van der Waals surface area contributed by atoms with Crippen LogP contribution < -0.4 is 5.32 Å². The minimum Gasteiger partial charge on any atom is -0.352 e. The van der Waals surface area contributed by atoms with Gasteiger partial charge in [-0.25, -0.2) is 9.67 Å². The predicted octanol–water partition coefficient (Wildman–Crippen LogP) is 3.01. The Balaban J connectivity index is 1.47. The number of nitrogens with one attached hydrogen (secondary N) is 1. The molecular weight excluding hydrogens is 320 g/mol. The van der Waals surface area contributed by atoms with Crippen LogP contribution in [0.5, 0.6) is 0 Å². The highest BCUT2D eigenvalue weighted by molar-refractivity contribution is 7.09. The standard InChI is InChI=1S/C18H18N4OS/c1-14-20-16(13-24-14)7-8-18(23)19-11-9-15-10-12-22(21-15)17-5-3-2-4-6-17/h2-8,10,12-13H,9,11H2,1H3,(H,19,23). The van der Waals surface area contributed by atoms with E-state index in [0.29, 0.717) is 13.0 Å². The fraction of sp³-hybridized carbons (Fsp3) is 0.167. The molecule has 3 aromatic rings. The zero-order chi connectivity index (χ0) is 16.8. The van der Waals surface area contributed by atoms with E-state index in [9.17, 15) is 4.79 Å². The molecule has 122 valence electrons. The van der Waals surface area contributed by atoms with Gasteiger partial charge < -0.3 is 5.32 Å². The summed E-state index contributed by atoms with van der Waals surface area (Å²) in [6.07, 6.45) is 5.85. The van der Waals surface area contributed by atoms with Gasteiger partial charge in [-0.2, -0.15) is 5.10 Å². The van der Waals surface area contributed by atoms with Gasteiger partial charge in [0.1, 0.15) is 0 Å². The normalized spacial score (nSPS) is 11.0. The third-order valence-corrected chi connectivity index (χ3v) is 4.18. The molecule has 1 amide bonds. The molecule has 0 aliphatic carbocycles. The maximum atomic E-state index is 11.8. The average molecular weight is 338 g/mol. The number of aromatic nitrogens is 3. The largest absolute Gasteiger partial charge is 0.352 e. The minimum atomic E-state index is -0.122. The number of hydrogen-bond acceptors (Lipinski definition) is 4. The molecule has 5 nitrogen and oxygen atoms in total. The third kappa shape index (κ3) is 4.39. The number of aryl methyl sites for hydroxylation is 1. The smallest absolute Gasteiger partial charge is 0.244 e. The van der Waals surface area contributed by atoms with Crippen molar-refractivity contribution in [3.05, 3.63) is 70.4 Å². The fourth-order valence-electron chi connectivity index (χ4n) is 2.21. The van der Waals surface area contributed by atoms with E-state index in [1.54, 1.807) is 17.4 Å². The summed E-state index contributed by atoms with van der Waals surface area (Å²) in [7, 11) is 0. The summed E-state index contributed by atoms with van der Waals surface area (Å²) in [6, 6.07) is 11.9. The zero-order valence-electron chi connectivity index (χ0n) is 13.3. The molecule has 2 aromatic heterocycles. The van der Waals surface area contributed by atoms with Gasteiger partial charge in [-0.1, -0.05) is 18.2 Å². The van der Waals surface area contributed by atoms with Gasteiger partial charge in [0, 0.05) is 30.6 Å². The van der Waals surface area contributed by atoms with Gasteiger partial charge >= 0.3 is 0 Å². The van der Waals surface area contributed by atoms with E-state index >= 15 is 0 Å². The predicted molar refractivity (Wildman–Crippen MR) is 96.2 cm³/mol. The first-order valence-corrected chi connectivity index (χ1v) is 8.57. The van der Waals surface area contributed by atoms with E-state index < -0.39 is 0 Å². The molecule has 0 aliphatic heterocycles. The van der Waals surface area contributed by atoms with E-state index in [1.165, 1.54) is 6.08 Å². The van der Waals surface area contributed by atoms with Gasteiger partial charge in [0.25, 0.3) is 0 Å². The Morgan fingerprint density at radius 1 is 1.29 bits per heavy atom. The van der Waals surface area contributed by atoms with E-state index in [2.05, 4.69) is 15.4 Å². The lowest BCUT2D eigenvalue weighted by Gasteiger charge is -2.01. The van der Waals surface area contributed by atoms with Crippen LogP contribution in [0.15, 0.2) is 54.1 Å². The topological polar surface area (TPSA) is 59.8 Å². The summed E-state index contributed by atoms with van der Waals surface area (Å²) in [5.41, 5.74) is 2.78. The van der Waals surface area contributed by atoms with Crippen LogP contribution in [0.25, 0.3) is 11.8 Å². The second-order valence-corrected chi connectivity index (χ2v) is 6.32. The summed E-state index contributed by atoms with van der Waals surface area (Å²) in [4.78, 5) is 16.1. The number of rotatable bonds is 6. The molecule has 0 atom stereocenters. The van der Waals surface area contributed by atoms with Gasteiger partial charge in [0.2, 0.25) is 5.91 Å². The Hall–Kier alpha value is -2.73. The molecule has 0 bridgehead atoms. The Bertz CT molecular complexity index is 836. The van der Waals surface area contributed by atoms with Gasteiger partial charge in [0.05, 0.1) is 22.1 Å². The maximum Gasteiger partial charge on any atom is 0.244 e. The zero-order valence-corrected chi connectivity index (χ0v) is 14.2. The van der Waals surface area contributed by atoms with Gasteiger partial charge in [-0.3, -0.25) is 4.79 Å². The molecule has 0 saturated heterocycles. The van der Waals surface area contributed by atoms with Crippen molar-refractivity contribution >= 4 is 23.3 Å². The summed E-state index contributed by atoms with van der Waals surface area (Å²) in [6.45, 7) is 2.49. The van der Waals surface area contributed by atoms with Crippen molar-refractivity contribution in [1.82, 2.24) is 20.1 Å². The third-order valence-electron chi connectivity index (χ3n) is 3.39. The van der Waals surface area contributed by atoms with Crippen LogP contribution >= 0.6 is 11.3 Å². The molecule has 1 N–H and O–H groups in total. The van der Waals surface area contributed by atoms with Crippen molar-refractivity contribution in [3.8, 4) is 5.69 Å². The average Bonchev–Trinajstić information content (AvgIpc) is 3.23. The maximum absolute atomic E-state index is 11.8. The number of benzene rings is 1. The Kier molecular flexibility index (Phi) is 5.18. The fourth-order valence-corrected chi connectivity index (χ4v) is 2.79. The number of hydrogen-bond donors (Lipinski definition) is 1. The van der Waals surface area contributed by atoms with Crippen LogP contribution in [0.2, 0.25) is 0 Å². The molecule has 0 radical (unpaired) electrons. The highest BCUT2D eigenvalue weighted by atomic mass is 32.1. The SMILES string of the molecule is Cc1nc(C=CC(=O)NCCc2ccn(-c3ccccc3)n2)cs1. The highest BCUT2D eigenvalue weighted by Crippen LogP contribution is 2.09. The Morgan fingerprint density at radius 3 is 2.88 bits per heavy atom. The van der Waals surface area contributed by atoms with Crippen molar-refractivity contribution in [1.29, 1.82) is 0 Å². The van der Waals surface area contributed by atoms with Crippen molar-refractivity contribution < 1.29 is 4.79 Å². The summed E-state index contributed by atoms with van der Waals surface area (Å²) in [5.74, 6) is -0.122. The first-order valence-electron chi connectivity index (χ1n) is 7.69. The summed E-state index contributed by atoms with van der Waals surface area (Å²) < 4.78 is 1.83. The lowest BCUT2D eigenvalue weighted by Crippen LogP contribution is -2.23. The first kappa shape index (κ1) is 16.1. The molecule has 0 unspecified atom stereocenters. The molecule has 0 fully saturated rings. The van der Waals surface area contributed by atoms with Gasteiger partial charge in [-0.15, -0.1) is 11.3 Å². The van der Waals surface area contributed by atoms with E-state index in [0.717, 1.165) is 22.1 Å². The number of carbonyl (C=O) groups excluding carboxylic acids is 1. The Labute approximate surface area is 144 Å². The van der Waals surface area contributed by atoms with Gasteiger partial charge in [0.15, 0.2) is 0 Å². The first-order chi connectivity index (χ1) is 11.7. The highest BCUT2D eigenvalue weighted by Gasteiger charge is 2.02. The summed E-state index contributed by atoms with van der Waals surface area (Å²) >= 11 is 1.57. The number of amides is 1. The molecule has 0 saturated carbocycles. The molecule has 3 rings (SSSR count). The minimum absolute atomic E-state index is 0.122. The summed E-state index contributed by atoms with van der Waals surface area (Å²) in [5, 5.41) is 10.3. The van der Waals surface area contributed by atoms with Crippen LogP contribution in [-0.2, 0) is 11.2 Å². The molecule has 0 aliphatic rings. The van der Waals surface area contributed by atoms with E-state index in [1.807, 2.05) is 59.6 Å². The Morgan fingerprint density at radius 2 is 2.12 bits per heavy atom. The van der Waals surface area contributed by atoms with Crippen LogP contribution in [0.1, 0.15) is 16.4 Å². The van der Waals surface area contributed by atoms with Crippen molar-refractivity contribution in [3.63, 3.8) is 0 Å². The molecule has 1 aromatic carbocycles. The second-order valence-electron chi connectivity index (χ2n) is 5.25. The molecule has 24 heavy (non-hydrogen) atoms. The van der Waals surface area contributed by atoms with Crippen molar-refractivity contribution in [2.75, 3.05) is 6.54 Å². The van der Waals surface area contributed by atoms with Crippen LogP contribution in [0, 0.1) is 6.92 Å². The number of carbonyl (C=O) groups is 1. The van der Waals surface area contributed by atoms with Crippen LogP contribution in [-0.4, -0.2) is 27.2 Å². The molecule has 2 heterocycles. The lowest BCUT2D eigenvalue weighted by atomic mass is 10.3. The number of para-hydroxylation sites is 1. The number of thiazole rings is 1. The quantitative estimate of drug-likeness (QED) is 0.703. The van der Waals surface area contributed by atoms with E-state index in [4.69, 9.17) is 0 Å².